The maximum atomic E-state index is 9.99. The molecule has 0 saturated heterocycles. The zero-order valence-electron chi connectivity index (χ0n) is 11.8. The van der Waals surface area contributed by atoms with Crippen molar-refractivity contribution in [1.82, 2.24) is 4.90 Å². The molecule has 1 rings (SSSR count). The Morgan fingerprint density at radius 1 is 1.32 bits per heavy atom. The number of hydrogen-bond donors (Lipinski definition) is 2. The van der Waals surface area contributed by atoms with Crippen LogP contribution in [0.1, 0.15) is 13.8 Å². The quantitative estimate of drug-likeness (QED) is 0.769. The van der Waals surface area contributed by atoms with Gasteiger partial charge >= 0.3 is 0 Å². The van der Waals surface area contributed by atoms with Gasteiger partial charge in [-0.15, -0.1) is 0 Å². The van der Waals surface area contributed by atoms with Crippen LogP contribution in [-0.2, 0) is 0 Å². The largest absolute Gasteiger partial charge is 0.497 e. The molecule has 1 aromatic carbocycles. The zero-order chi connectivity index (χ0) is 14.3. The van der Waals surface area contributed by atoms with E-state index in [4.69, 9.17) is 4.74 Å². The molecule has 1 atom stereocenters. The molecule has 0 aliphatic heterocycles. The molecule has 0 aliphatic carbocycles. The Bertz CT molecular complexity index is 384. The fourth-order valence-electron chi connectivity index (χ4n) is 1.86. The minimum Gasteiger partial charge on any atom is -0.497 e. The van der Waals surface area contributed by atoms with Gasteiger partial charge in [0, 0.05) is 29.3 Å². The number of aliphatic hydroxyl groups excluding tert-OH is 1. The molecule has 0 amide bonds. The van der Waals surface area contributed by atoms with E-state index in [0.29, 0.717) is 13.1 Å². The number of rotatable bonds is 8. The summed E-state index contributed by atoms with van der Waals surface area (Å²) in [6.07, 6.45) is -0.384. The molecule has 1 aromatic rings. The second-order valence-electron chi connectivity index (χ2n) is 4.40. The average Bonchev–Trinajstić information content (AvgIpc) is 2.41. The standard InChI is InChI=1S/C14H23BrN2O2/c1-4-17(5-2)10-13(18)9-16-12-6-11(15)7-14(8-12)19-3/h6-8,13,16,18H,4-5,9-10H2,1-3H3. The topological polar surface area (TPSA) is 44.7 Å². The van der Waals surface area contributed by atoms with Crippen molar-refractivity contribution >= 4 is 21.6 Å². The molecule has 108 valence electrons. The molecule has 0 radical (unpaired) electrons. The lowest BCUT2D eigenvalue weighted by Gasteiger charge is -2.22. The van der Waals surface area contributed by atoms with E-state index in [1.165, 1.54) is 0 Å². The van der Waals surface area contributed by atoms with Gasteiger partial charge in [0.15, 0.2) is 0 Å². The summed E-state index contributed by atoms with van der Waals surface area (Å²) in [5.41, 5.74) is 0.935. The number of nitrogens with zero attached hydrogens (tertiary/aromatic N) is 1. The van der Waals surface area contributed by atoms with Crippen molar-refractivity contribution in [3.8, 4) is 5.75 Å². The molecule has 1 unspecified atom stereocenters. The molecular weight excluding hydrogens is 308 g/mol. The first-order valence-corrected chi connectivity index (χ1v) is 7.37. The van der Waals surface area contributed by atoms with E-state index in [0.717, 1.165) is 29.0 Å². The summed E-state index contributed by atoms with van der Waals surface area (Å²) in [6.45, 7) is 7.32. The molecule has 0 aliphatic rings. The predicted molar refractivity (Wildman–Crippen MR) is 83.0 cm³/mol. The van der Waals surface area contributed by atoms with Gasteiger partial charge in [-0.25, -0.2) is 0 Å². The van der Waals surface area contributed by atoms with E-state index in [2.05, 4.69) is 40.0 Å². The van der Waals surface area contributed by atoms with Crippen LogP contribution in [0.2, 0.25) is 0 Å². The summed E-state index contributed by atoms with van der Waals surface area (Å²) in [4.78, 5) is 2.20. The number of hydrogen-bond acceptors (Lipinski definition) is 4. The highest BCUT2D eigenvalue weighted by molar-refractivity contribution is 9.10. The van der Waals surface area contributed by atoms with E-state index < -0.39 is 0 Å². The van der Waals surface area contributed by atoms with Crippen molar-refractivity contribution in [3.05, 3.63) is 22.7 Å². The van der Waals surface area contributed by atoms with Crippen molar-refractivity contribution in [2.75, 3.05) is 38.6 Å². The van der Waals surface area contributed by atoms with Gasteiger partial charge < -0.3 is 20.1 Å². The van der Waals surface area contributed by atoms with Crippen LogP contribution in [0.4, 0.5) is 5.69 Å². The first kappa shape index (κ1) is 16.3. The van der Waals surface area contributed by atoms with Gasteiger partial charge in [-0.1, -0.05) is 29.8 Å². The molecule has 5 heteroatoms. The third-order valence-electron chi connectivity index (χ3n) is 3.01. The van der Waals surface area contributed by atoms with E-state index in [1.54, 1.807) is 7.11 Å². The predicted octanol–water partition coefficient (Wildman–Crippen LogP) is 2.57. The Balaban J connectivity index is 2.49. The lowest BCUT2D eigenvalue weighted by molar-refractivity contribution is 0.128. The lowest BCUT2D eigenvalue weighted by Crippen LogP contribution is -2.35. The van der Waals surface area contributed by atoms with Gasteiger partial charge in [-0.3, -0.25) is 0 Å². The van der Waals surface area contributed by atoms with Gasteiger partial charge in [0.05, 0.1) is 13.2 Å². The Morgan fingerprint density at radius 2 is 2.00 bits per heavy atom. The van der Waals surface area contributed by atoms with Crippen LogP contribution in [0.3, 0.4) is 0 Å². The Morgan fingerprint density at radius 3 is 2.58 bits per heavy atom. The summed E-state index contributed by atoms with van der Waals surface area (Å²) >= 11 is 3.43. The molecular formula is C14H23BrN2O2. The number of nitrogens with one attached hydrogen (secondary N) is 1. The summed E-state index contributed by atoms with van der Waals surface area (Å²) < 4.78 is 6.15. The van der Waals surface area contributed by atoms with E-state index in [1.807, 2.05) is 18.2 Å². The minimum atomic E-state index is -0.384. The molecule has 0 bridgehead atoms. The number of ether oxygens (including phenoxy) is 1. The SMILES string of the molecule is CCN(CC)CC(O)CNc1cc(Br)cc(OC)c1. The van der Waals surface area contributed by atoms with Crippen molar-refractivity contribution in [1.29, 1.82) is 0 Å². The zero-order valence-corrected chi connectivity index (χ0v) is 13.4. The number of methoxy groups -OCH3 is 1. The third-order valence-corrected chi connectivity index (χ3v) is 3.47. The molecule has 0 fully saturated rings. The van der Waals surface area contributed by atoms with Crippen LogP contribution in [-0.4, -0.2) is 49.4 Å². The van der Waals surface area contributed by atoms with Gasteiger partial charge in [0.2, 0.25) is 0 Å². The van der Waals surface area contributed by atoms with Crippen LogP contribution in [0.5, 0.6) is 5.75 Å². The number of benzene rings is 1. The van der Waals surface area contributed by atoms with Crippen molar-refractivity contribution < 1.29 is 9.84 Å². The molecule has 19 heavy (non-hydrogen) atoms. The fourth-order valence-corrected chi connectivity index (χ4v) is 2.33. The first-order chi connectivity index (χ1) is 9.08. The third kappa shape index (κ3) is 5.80. The average molecular weight is 331 g/mol. The summed E-state index contributed by atoms with van der Waals surface area (Å²) in [5.74, 6) is 0.787. The maximum Gasteiger partial charge on any atom is 0.122 e. The van der Waals surface area contributed by atoms with Gasteiger partial charge in [-0.05, 0) is 25.2 Å². The fraction of sp³-hybridized carbons (Fsp3) is 0.571. The second-order valence-corrected chi connectivity index (χ2v) is 5.32. The van der Waals surface area contributed by atoms with Crippen molar-refractivity contribution in [2.45, 2.75) is 20.0 Å². The Labute approximate surface area is 123 Å². The Hall–Kier alpha value is -0.780. The highest BCUT2D eigenvalue weighted by Gasteiger charge is 2.09. The minimum absolute atomic E-state index is 0.384. The molecule has 0 saturated carbocycles. The van der Waals surface area contributed by atoms with E-state index in [-0.39, 0.29) is 6.10 Å². The van der Waals surface area contributed by atoms with Crippen molar-refractivity contribution in [2.24, 2.45) is 0 Å². The van der Waals surface area contributed by atoms with Crippen molar-refractivity contribution in [3.63, 3.8) is 0 Å². The molecule has 0 spiro atoms. The number of halogens is 1. The molecule has 2 N–H and O–H groups in total. The van der Waals surface area contributed by atoms with Gasteiger partial charge in [0.1, 0.15) is 5.75 Å². The molecule has 0 aromatic heterocycles. The highest BCUT2D eigenvalue weighted by atomic mass is 79.9. The van der Waals surface area contributed by atoms with Crippen LogP contribution in [0, 0.1) is 0 Å². The monoisotopic (exact) mass is 330 g/mol. The second kappa shape index (κ2) is 8.40. The number of aliphatic hydroxyl groups is 1. The Kier molecular flexibility index (Phi) is 7.20. The molecule has 4 nitrogen and oxygen atoms in total. The van der Waals surface area contributed by atoms with Crippen LogP contribution in [0.25, 0.3) is 0 Å². The summed E-state index contributed by atoms with van der Waals surface area (Å²) in [6, 6.07) is 5.78. The van der Waals surface area contributed by atoms with E-state index in [9.17, 15) is 5.11 Å². The lowest BCUT2D eigenvalue weighted by atomic mass is 10.2. The van der Waals surface area contributed by atoms with E-state index >= 15 is 0 Å². The van der Waals surface area contributed by atoms with Crippen LogP contribution >= 0.6 is 15.9 Å². The van der Waals surface area contributed by atoms with Gasteiger partial charge in [-0.2, -0.15) is 0 Å². The number of likely N-dealkylation sites (N-methyl/N-ethyl adjacent to an activating group) is 1. The number of anilines is 1. The van der Waals surface area contributed by atoms with Gasteiger partial charge in [0.25, 0.3) is 0 Å². The first-order valence-electron chi connectivity index (χ1n) is 6.57. The summed E-state index contributed by atoms with van der Waals surface area (Å²) in [5, 5.41) is 13.2. The normalized spacial score (nSPS) is 12.5. The van der Waals surface area contributed by atoms with Crippen LogP contribution in [0.15, 0.2) is 22.7 Å². The maximum absolute atomic E-state index is 9.99. The molecule has 0 heterocycles. The highest BCUT2D eigenvalue weighted by Crippen LogP contribution is 2.24. The van der Waals surface area contributed by atoms with Crippen LogP contribution < -0.4 is 10.1 Å². The summed E-state index contributed by atoms with van der Waals surface area (Å²) in [7, 11) is 1.64. The smallest absolute Gasteiger partial charge is 0.122 e.